The molecule has 0 bridgehead atoms. The topological polar surface area (TPSA) is 33.5 Å². The van der Waals surface area contributed by atoms with Crippen LogP contribution in [0, 0.1) is 0 Å². The monoisotopic (exact) mass is 287 g/mol. The highest BCUT2D eigenvalue weighted by Crippen LogP contribution is 2.38. The number of hydrogen-bond donors (Lipinski definition) is 0. The molecule has 1 amide bonds. The van der Waals surface area contributed by atoms with Crippen LogP contribution in [0.5, 0.6) is 0 Å². The van der Waals surface area contributed by atoms with Crippen LogP contribution in [0.4, 0.5) is 0 Å². The van der Waals surface area contributed by atoms with Gasteiger partial charge in [0.1, 0.15) is 11.1 Å². The minimum Gasteiger partial charge on any atom is -0.466 e. The van der Waals surface area contributed by atoms with Gasteiger partial charge in [-0.25, -0.2) is 0 Å². The predicted octanol–water partition coefficient (Wildman–Crippen LogP) is 3.73. The van der Waals surface area contributed by atoms with E-state index in [1.165, 1.54) is 5.56 Å². The summed E-state index contributed by atoms with van der Waals surface area (Å²) < 4.78 is 5.46. The third-order valence-corrected chi connectivity index (χ3v) is 4.77. The fourth-order valence-electron chi connectivity index (χ4n) is 2.39. The summed E-state index contributed by atoms with van der Waals surface area (Å²) in [7, 11) is 0. The second kappa shape index (κ2) is 5.75. The van der Waals surface area contributed by atoms with Gasteiger partial charge in [0.05, 0.1) is 6.26 Å². The average Bonchev–Trinajstić information content (AvgIpc) is 3.16. The fourth-order valence-corrected chi connectivity index (χ4v) is 3.60. The molecule has 20 heavy (non-hydrogen) atoms. The van der Waals surface area contributed by atoms with Crippen molar-refractivity contribution in [1.29, 1.82) is 0 Å². The molecule has 1 aromatic carbocycles. The molecule has 3 rings (SSSR count). The van der Waals surface area contributed by atoms with Crippen molar-refractivity contribution in [3.8, 4) is 0 Å². The van der Waals surface area contributed by atoms with Crippen molar-refractivity contribution in [2.24, 2.45) is 0 Å². The lowest BCUT2D eigenvalue weighted by Crippen LogP contribution is -2.30. The molecular formula is C16H17NO2S. The van der Waals surface area contributed by atoms with Crippen molar-refractivity contribution in [3.63, 3.8) is 0 Å². The molecule has 0 radical (unpaired) electrons. The summed E-state index contributed by atoms with van der Waals surface area (Å²) >= 11 is 1.75. The molecule has 1 fully saturated rings. The molecule has 4 heteroatoms. The summed E-state index contributed by atoms with van der Waals surface area (Å²) in [6.45, 7) is 2.88. The Kier molecular flexibility index (Phi) is 3.83. The first-order chi connectivity index (χ1) is 9.79. The maximum Gasteiger partial charge on any atom is 0.255 e. The molecule has 1 saturated heterocycles. The Hall–Kier alpha value is -1.68. The number of benzene rings is 1. The van der Waals surface area contributed by atoms with E-state index in [9.17, 15) is 4.79 Å². The highest BCUT2D eigenvalue weighted by atomic mass is 32.2. The number of furan rings is 1. The van der Waals surface area contributed by atoms with E-state index in [0.717, 1.165) is 30.0 Å². The Morgan fingerprint density at radius 1 is 1.35 bits per heavy atom. The van der Waals surface area contributed by atoms with E-state index in [-0.39, 0.29) is 11.3 Å². The van der Waals surface area contributed by atoms with Crippen LogP contribution in [-0.4, -0.2) is 23.1 Å². The molecule has 1 aliphatic rings. The number of amides is 1. The smallest absolute Gasteiger partial charge is 0.255 e. The summed E-state index contributed by atoms with van der Waals surface area (Å²) in [5, 5.41) is 0.00310. The number of aryl methyl sites for hydroxylation is 1. The van der Waals surface area contributed by atoms with E-state index in [4.69, 9.17) is 4.42 Å². The molecule has 104 valence electrons. The Morgan fingerprint density at radius 3 is 2.80 bits per heavy atom. The van der Waals surface area contributed by atoms with Gasteiger partial charge in [0, 0.05) is 17.9 Å². The van der Waals surface area contributed by atoms with Crippen LogP contribution >= 0.6 is 11.8 Å². The fraction of sp³-hybridized carbons (Fsp3) is 0.312. The molecule has 0 unspecified atom stereocenters. The molecule has 2 heterocycles. The number of thioether (sulfide) groups is 1. The Bertz CT molecular complexity index is 577. The first-order valence-electron chi connectivity index (χ1n) is 6.84. The molecule has 3 nitrogen and oxygen atoms in total. The lowest BCUT2D eigenvalue weighted by atomic mass is 10.1. The van der Waals surface area contributed by atoms with E-state index in [1.54, 1.807) is 18.0 Å². The molecular weight excluding hydrogens is 270 g/mol. The molecule has 1 atom stereocenters. The van der Waals surface area contributed by atoms with Gasteiger partial charge in [-0.2, -0.15) is 0 Å². The van der Waals surface area contributed by atoms with Gasteiger partial charge < -0.3 is 9.32 Å². The van der Waals surface area contributed by atoms with Crippen LogP contribution in [0.2, 0.25) is 0 Å². The number of carbonyl (C=O) groups excluding carboxylic acids is 1. The summed E-state index contributed by atoms with van der Waals surface area (Å²) in [5.74, 6) is 1.88. The number of hydrogen-bond acceptors (Lipinski definition) is 3. The normalized spacial score (nSPS) is 18.4. The van der Waals surface area contributed by atoms with Gasteiger partial charge in [-0.05, 0) is 36.2 Å². The third-order valence-electron chi connectivity index (χ3n) is 3.55. The van der Waals surface area contributed by atoms with E-state index >= 15 is 0 Å². The lowest BCUT2D eigenvalue weighted by molar-refractivity contribution is 0.0749. The van der Waals surface area contributed by atoms with Crippen LogP contribution in [-0.2, 0) is 6.42 Å². The average molecular weight is 287 g/mol. The molecule has 0 N–H and O–H groups in total. The summed E-state index contributed by atoms with van der Waals surface area (Å²) in [4.78, 5) is 14.5. The van der Waals surface area contributed by atoms with Gasteiger partial charge in [-0.15, -0.1) is 11.8 Å². The van der Waals surface area contributed by atoms with Crippen molar-refractivity contribution in [1.82, 2.24) is 4.90 Å². The van der Waals surface area contributed by atoms with Crippen LogP contribution in [0.25, 0.3) is 0 Å². The highest BCUT2D eigenvalue weighted by molar-refractivity contribution is 7.99. The van der Waals surface area contributed by atoms with E-state index in [0.29, 0.717) is 0 Å². The Morgan fingerprint density at radius 2 is 2.15 bits per heavy atom. The predicted molar refractivity (Wildman–Crippen MR) is 80.8 cm³/mol. The van der Waals surface area contributed by atoms with Gasteiger partial charge in [0.15, 0.2) is 0 Å². The Labute approximate surface area is 123 Å². The molecule has 0 saturated carbocycles. The van der Waals surface area contributed by atoms with Crippen molar-refractivity contribution in [3.05, 3.63) is 59.5 Å². The van der Waals surface area contributed by atoms with Crippen LogP contribution in [0.3, 0.4) is 0 Å². The summed E-state index contributed by atoms with van der Waals surface area (Å²) in [6, 6.07) is 11.7. The molecule has 0 aliphatic carbocycles. The van der Waals surface area contributed by atoms with Gasteiger partial charge in [0.25, 0.3) is 5.91 Å². The SMILES string of the molecule is CCc1ccc(C(=O)N2CCS[C@@H]2c2ccco2)cc1. The van der Waals surface area contributed by atoms with Crippen molar-refractivity contribution in [2.45, 2.75) is 18.7 Å². The van der Waals surface area contributed by atoms with Crippen LogP contribution in [0.1, 0.15) is 34.0 Å². The maximum absolute atomic E-state index is 12.6. The molecule has 1 aliphatic heterocycles. The van der Waals surface area contributed by atoms with Gasteiger partial charge in [-0.1, -0.05) is 19.1 Å². The number of carbonyl (C=O) groups is 1. The van der Waals surface area contributed by atoms with Gasteiger partial charge in [0.2, 0.25) is 0 Å². The van der Waals surface area contributed by atoms with Crippen molar-refractivity contribution >= 4 is 17.7 Å². The second-order valence-corrected chi connectivity index (χ2v) is 5.98. The van der Waals surface area contributed by atoms with Crippen LogP contribution in [0.15, 0.2) is 47.1 Å². The number of rotatable bonds is 3. The first-order valence-corrected chi connectivity index (χ1v) is 7.89. The Balaban J connectivity index is 1.81. The first kappa shape index (κ1) is 13.3. The quantitative estimate of drug-likeness (QED) is 0.862. The minimum absolute atomic E-state index is 0.00310. The highest BCUT2D eigenvalue weighted by Gasteiger charge is 2.32. The van der Waals surface area contributed by atoms with E-state index < -0.39 is 0 Å². The van der Waals surface area contributed by atoms with E-state index in [2.05, 4.69) is 6.92 Å². The lowest BCUT2D eigenvalue weighted by Gasteiger charge is -2.22. The largest absolute Gasteiger partial charge is 0.466 e. The molecule has 2 aromatic rings. The van der Waals surface area contributed by atoms with Crippen molar-refractivity contribution in [2.75, 3.05) is 12.3 Å². The number of nitrogens with zero attached hydrogens (tertiary/aromatic N) is 1. The van der Waals surface area contributed by atoms with E-state index in [1.807, 2.05) is 41.3 Å². The minimum atomic E-state index is 0.00310. The van der Waals surface area contributed by atoms with Crippen molar-refractivity contribution < 1.29 is 9.21 Å². The maximum atomic E-state index is 12.6. The second-order valence-electron chi connectivity index (χ2n) is 4.79. The standard InChI is InChI=1S/C16H17NO2S/c1-2-12-5-7-13(8-6-12)15(18)17-9-11-20-16(17)14-4-3-10-19-14/h3-8,10,16H,2,9,11H2,1H3/t16-/m1/s1. The molecule has 0 spiro atoms. The van der Waals surface area contributed by atoms with Gasteiger partial charge in [-0.3, -0.25) is 4.79 Å². The molecule has 1 aromatic heterocycles. The van der Waals surface area contributed by atoms with Crippen LogP contribution < -0.4 is 0 Å². The zero-order chi connectivity index (χ0) is 13.9. The zero-order valence-electron chi connectivity index (χ0n) is 11.4. The summed E-state index contributed by atoms with van der Waals surface area (Å²) in [6.07, 6.45) is 2.65. The zero-order valence-corrected chi connectivity index (χ0v) is 12.2. The third kappa shape index (κ3) is 2.48. The van der Waals surface area contributed by atoms with Gasteiger partial charge >= 0.3 is 0 Å². The summed E-state index contributed by atoms with van der Waals surface area (Å²) in [5.41, 5.74) is 2.00.